The van der Waals surface area contributed by atoms with Crippen molar-refractivity contribution in [1.29, 1.82) is 0 Å². The lowest BCUT2D eigenvalue weighted by atomic mass is 10.0. The molecule has 0 amide bonds. The first-order valence-corrected chi connectivity index (χ1v) is 5.21. The highest BCUT2D eigenvalue weighted by Crippen LogP contribution is 2.33. The number of aromatic hydroxyl groups is 1. The fourth-order valence-corrected chi connectivity index (χ4v) is 1.84. The average molecular weight is 235 g/mol. The molecule has 0 saturated heterocycles. The highest BCUT2D eigenvalue weighted by atomic mass is 35.5. The zero-order chi connectivity index (χ0) is 11.5. The molecule has 2 aromatic rings. The Labute approximate surface area is 99.1 Å². The molecule has 0 unspecified atom stereocenters. The van der Waals surface area contributed by atoms with Crippen molar-refractivity contribution < 1.29 is 9.84 Å². The van der Waals surface area contributed by atoms with E-state index in [0.717, 1.165) is 16.9 Å². The Hall–Kier alpha value is -1.67. The zero-order valence-electron chi connectivity index (χ0n) is 8.77. The fourth-order valence-electron chi connectivity index (χ4n) is 1.61. The molecule has 0 bridgehead atoms. The molecule has 0 aliphatic heterocycles. The van der Waals surface area contributed by atoms with Crippen LogP contribution >= 0.6 is 11.6 Å². The molecule has 0 radical (unpaired) electrons. The van der Waals surface area contributed by atoms with Gasteiger partial charge in [-0.25, -0.2) is 0 Å². The molecule has 0 saturated carbocycles. The van der Waals surface area contributed by atoms with Gasteiger partial charge in [0.1, 0.15) is 11.5 Å². The minimum atomic E-state index is 0.147. The van der Waals surface area contributed by atoms with E-state index in [4.69, 9.17) is 16.3 Å². The predicted octanol–water partition coefficient (Wildman–Crippen LogP) is 3.72. The first-order chi connectivity index (χ1) is 7.70. The van der Waals surface area contributed by atoms with Gasteiger partial charge in [-0.3, -0.25) is 0 Å². The topological polar surface area (TPSA) is 29.5 Å². The van der Waals surface area contributed by atoms with Crippen LogP contribution in [0.2, 0.25) is 5.02 Å². The number of para-hydroxylation sites is 1. The van der Waals surface area contributed by atoms with Crippen molar-refractivity contribution in [2.45, 2.75) is 0 Å². The van der Waals surface area contributed by atoms with Crippen LogP contribution in [0, 0.1) is 0 Å². The third-order valence-corrected chi connectivity index (χ3v) is 2.52. The second-order valence-corrected chi connectivity index (χ2v) is 3.83. The molecule has 0 atom stereocenters. The molecule has 2 aromatic carbocycles. The smallest absolute Gasteiger partial charge is 0.126 e. The van der Waals surface area contributed by atoms with E-state index in [1.165, 1.54) is 6.07 Å². The van der Waals surface area contributed by atoms with Crippen molar-refractivity contribution >= 4 is 11.6 Å². The van der Waals surface area contributed by atoms with Gasteiger partial charge in [-0.1, -0.05) is 29.8 Å². The predicted molar refractivity (Wildman–Crippen MR) is 65.1 cm³/mol. The van der Waals surface area contributed by atoms with Crippen LogP contribution in [0.1, 0.15) is 0 Å². The maximum absolute atomic E-state index is 9.49. The van der Waals surface area contributed by atoms with Crippen LogP contribution in [0.15, 0.2) is 42.5 Å². The van der Waals surface area contributed by atoms with E-state index >= 15 is 0 Å². The van der Waals surface area contributed by atoms with Crippen molar-refractivity contribution in [3.63, 3.8) is 0 Å². The van der Waals surface area contributed by atoms with Gasteiger partial charge in [0, 0.05) is 10.6 Å². The summed E-state index contributed by atoms with van der Waals surface area (Å²) in [5.74, 6) is 0.901. The molecule has 3 heteroatoms. The van der Waals surface area contributed by atoms with E-state index in [1.807, 2.05) is 24.3 Å². The van der Waals surface area contributed by atoms with Crippen LogP contribution in [0.5, 0.6) is 11.5 Å². The number of halogens is 1. The molecule has 16 heavy (non-hydrogen) atoms. The van der Waals surface area contributed by atoms with Crippen molar-refractivity contribution in [1.82, 2.24) is 0 Å². The monoisotopic (exact) mass is 234 g/mol. The molecular weight excluding hydrogens is 224 g/mol. The Morgan fingerprint density at radius 2 is 1.88 bits per heavy atom. The van der Waals surface area contributed by atoms with Gasteiger partial charge < -0.3 is 9.84 Å². The van der Waals surface area contributed by atoms with E-state index in [2.05, 4.69) is 0 Å². The van der Waals surface area contributed by atoms with Gasteiger partial charge in [-0.15, -0.1) is 0 Å². The molecule has 0 spiro atoms. The highest BCUT2D eigenvalue weighted by molar-refractivity contribution is 6.31. The number of phenols is 1. The van der Waals surface area contributed by atoms with Crippen LogP contribution in [-0.2, 0) is 0 Å². The molecule has 82 valence electrons. The Morgan fingerprint density at radius 3 is 2.56 bits per heavy atom. The number of ether oxygens (including phenoxy) is 1. The third kappa shape index (κ3) is 2.12. The first-order valence-electron chi connectivity index (χ1n) is 4.83. The summed E-state index contributed by atoms with van der Waals surface area (Å²) < 4.78 is 5.25. The summed E-state index contributed by atoms with van der Waals surface area (Å²) in [6, 6.07) is 12.5. The van der Waals surface area contributed by atoms with Gasteiger partial charge in [-0.05, 0) is 29.8 Å². The minimum absolute atomic E-state index is 0.147. The SMILES string of the molecule is COc1ccccc1-c1cc(O)cc(Cl)c1. The lowest BCUT2D eigenvalue weighted by Crippen LogP contribution is -1.87. The van der Waals surface area contributed by atoms with Crippen LogP contribution in [0.3, 0.4) is 0 Å². The maximum Gasteiger partial charge on any atom is 0.126 e. The third-order valence-electron chi connectivity index (χ3n) is 2.30. The number of hydrogen-bond donors (Lipinski definition) is 1. The van der Waals surface area contributed by atoms with E-state index in [1.54, 1.807) is 19.2 Å². The van der Waals surface area contributed by atoms with Crippen LogP contribution in [0.25, 0.3) is 11.1 Å². The van der Waals surface area contributed by atoms with Gasteiger partial charge in [0.15, 0.2) is 0 Å². The number of rotatable bonds is 2. The lowest BCUT2D eigenvalue weighted by Gasteiger charge is -2.08. The minimum Gasteiger partial charge on any atom is -0.508 e. The number of phenolic OH excluding ortho intramolecular Hbond substituents is 1. The summed E-state index contributed by atoms with van der Waals surface area (Å²) in [6.45, 7) is 0. The van der Waals surface area contributed by atoms with Crippen LogP contribution < -0.4 is 4.74 Å². The molecular formula is C13H11ClO2. The summed E-state index contributed by atoms with van der Waals surface area (Å²) in [5.41, 5.74) is 1.74. The molecule has 0 aromatic heterocycles. The van der Waals surface area contributed by atoms with Crippen LogP contribution in [-0.4, -0.2) is 12.2 Å². The molecule has 2 nitrogen and oxygen atoms in total. The quantitative estimate of drug-likeness (QED) is 0.858. The Balaban J connectivity index is 2.58. The molecule has 0 aliphatic carbocycles. The van der Waals surface area contributed by atoms with Crippen molar-refractivity contribution in [2.24, 2.45) is 0 Å². The van der Waals surface area contributed by atoms with Crippen molar-refractivity contribution in [2.75, 3.05) is 7.11 Å². The summed E-state index contributed by atoms with van der Waals surface area (Å²) >= 11 is 5.89. The normalized spacial score (nSPS) is 10.1. The van der Waals surface area contributed by atoms with E-state index < -0.39 is 0 Å². The number of methoxy groups -OCH3 is 1. The molecule has 0 heterocycles. The summed E-state index contributed by atoms with van der Waals surface area (Å²) in [5, 5.41) is 9.99. The average Bonchev–Trinajstić information content (AvgIpc) is 2.27. The summed E-state index contributed by atoms with van der Waals surface area (Å²) in [6.07, 6.45) is 0. The van der Waals surface area contributed by atoms with E-state index in [9.17, 15) is 5.11 Å². The molecule has 0 aliphatic rings. The van der Waals surface area contributed by atoms with Gasteiger partial charge in [0.2, 0.25) is 0 Å². The van der Waals surface area contributed by atoms with Crippen LogP contribution in [0.4, 0.5) is 0 Å². The molecule has 1 N–H and O–H groups in total. The summed E-state index contributed by atoms with van der Waals surface area (Å²) in [4.78, 5) is 0. The molecule has 0 fully saturated rings. The Kier molecular flexibility index (Phi) is 3.02. The van der Waals surface area contributed by atoms with Gasteiger partial charge in [0.05, 0.1) is 7.11 Å². The van der Waals surface area contributed by atoms with Crippen molar-refractivity contribution in [3.05, 3.63) is 47.5 Å². The largest absolute Gasteiger partial charge is 0.508 e. The fraction of sp³-hybridized carbons (Fsp3) is 0.0769. The van der Waals surface area contributed by atoms with Gasteiger partial charge in [0.25, 0.3) is 0 Å². The first kappa shape index (κ1) is 10.8. The second kappa shape index (κ2) is 4.45. The highest BCUT2D eigenvalue weighted by Gasteiger charge is 2.06. The standard InChI is InChI=1S/C13H11ClO2/c1-16-13-5-3-2-4-12(13)9-6-10(14)8-11(15)7-9/h2-8,15H,1H3. The number of hydrogen-bond acceptors (Lipinski definition) is 2. The van der Waals surface area contributed by atoms with E-state index in [0.29, 0.717) is 5.02 Å². The van der Waals surface area contributed by atoms with E-state index in [-0.39, 0.29) is 5.75 Å². The molecule has 2 rings (SSSR count). The maximum atomic E-state index is 9.49. The zero-order valence-corrected chi connectivity index (χ0v) is 9.53. The summed E-state index contributed by atoms with van der Waals surface area (Å²) in [7, 11) is 1.61. The Bertz CT molecular complexity index is 489. The second-order valence-electron chi connectivity index (χ2n) is 3.40. The van der Waals surface area contributed by atoms with Gasteiger partial charge in [-0.2, -0.15) is 0 Å². The number of benzene rings is 2. The van der Waals surface area contributed by atoms with Gasteiger partial charge >= 0.3 is 0 Å². The van der Waals surface area contributed by atoms with Crippen molar-refractivity contribution in [3.8, 4) is 22.6 Å². The lowest BCUT2D eigenvalue weighted by molar-refractivity contribution is 0.416. The Morgan fingerprint density at radius 1 is 1.12 bits per heavy atom.